The maximum Gasteiger partial charge on any atom is 0.316 e. The van der Waals surface area contributed by atoms with Crippen LogP contribution < -0.4 is 25.7 Å². The number of halogens is 3. The molecular formula is C49H49Cl3N8O7S2. The fourth-order valence-corrected chi connectivity index (χ4v) is 14.8. The molecule has 4 unspecified atom stereocenters. The van der Waals surface area contributed by atoms with Crippen molar-refractivity contribution in [2.75, 3.05) is 55.7 Å². The van der Waals surface area contributed by atoms with E-state index in [0.29, 0.717) is 91.5 Å². The summed E-state index contributed by atoms with van der Waals surface area (Å²) in [6.07, 6.45) is 6.33. The van der Waals surface area contributed by atoms with Crippen LogP contribution in [0.4, 0.5) is 11.4 Å². The Bertz CT molecular complexity index is 3250. The molecule has 0 radical (unpaired) electrons. The number of hydrogen-bond donors (Lipinski definition) is 0. The first-order valence-electron chi connectivity index (χ1n) is 22.8. The van der Waals surface area contributed by atoms with Crippen molar-refractivity contribution in [3.05, 3.63) is 168 Å². The Morgan fingerprint density at radius 2 is 1.07 bits per heavy atom. The van der Waals surface area contributed by atoms with E-state index in [1.165, 1.54) is 9.36 Å². The second-order valence-corrected chi connectivity index (χ2v) is 23.9. The molecule has 360 valence electrons. The van der Waals surface area contributed by atoms with Crippen LogP contribution in [0.2, 0.25) is 15.1 Å². The van der Waals surface area contributed by atoms with Crippen molar-refractivity contribution in [2.24, 2.45) is 5.41 Å². The molecule has 4 aromatic carbocycles. The molecule has 20 heteroatoms. The summed E-state index contributed by atoms with van der Waals surface area (Å²) in [6, 6.07) is 32.1. The van der Waals surface area contributed by atoms with Crippen LogP contribution in [-0.2, 0) is 20.0 Å². The molecule has 5 fully saturated rings. The summed E-state index contributed by atoms with van der Waals surface area (Å²) in [7, 11) is -6.88. The fourth-order valence-electron chi connectivity index (χ4n) is 9.81. The summed E-state index contributed by atoms with van der Waals surface area (Å²) in [6.45, 7) is 5.09. The lowest BCUT2D eigenvalue weighted by atomic mass is 10.0. The third-order valence-corrected chi connectivity index (χ3v) is 19.3. The Kier molecular flexibility index (Phi) is 12.9. The zero-order valence-electron chi connectivity index (χ0n) is 37.5. The number of benzene rings is 4. The molecule has 1 aliphatic carbocycles. The van der Waals surface area contributed by atoms with Gasteiger partial charge >= 0.3 is 5.56 Å². The zero-order chi connectivity index (χ0) is 48.2. The molecular weight excluding hydrogens is 983 g/mol. The van der Waals surface area contributed by atoms with Crippen LogP contribution in [-0.4, -0.2) is 103 Å². The predicted octanol–water partition coefficient (Wildman–Crippen LogP) is 7.53. The van der Waals surface area contributed by atoms with E-state index in [4.69, 9.17) is 39.5 Å². The van der Waals surface area contributed by atoms with Crippen LogP contribution in [0, 0.1) is 5.41 Å². The summed E-state index contributed by atoms with van der Waals surface area (Å²) < 4.78 is 64.9. The molecule has 4 aliphatic heterocycles. The maximum atomic E-state index is 13.6. The second-order valence-electron chi connectivity index (χ2n) is 18.5. The van der Waals surface area contributed by atoms with Crippen molar-refractivity contribution < 1.29 is 21.6 Å². The predicted molar refractivity (Wildman–Crippen MR) is 268 cm³/mol. The van der Waals surface area contributed by atoms with Crippen molar-refractivity contribution in [1.29, 1.82) is 0 Å². The molecule has 15 nitrogen and oxygen atoms in total. The Labute approximate surface area is 415 Å². The van der Waals surface area contributed by atoms with Gasteiger partial charge in [0.1, 0.15) is 21.2 Å². The van der Waals surface area contributed by atoms with Gasteiger partial charge in [-0.25, -0.2) is 16.8 Å². The molecule has 1 saturated carbocycles. The highest BCUT2D eigenvalue weighted by Gasteiger charge is 2.50. The number of aromatic nitrogens is 4. The van der Waals surface area contributed by atoms with Gasteiger partial charge in [0.05, 0.1) is 36.1 Å². The van der Waals surface area contributed by atoms with Crippen molar-refractivity contribution in [1.82, 2.24) is 28.2 Å². The molecule has 11 rings (SSSR count). The van der Waals surface area contributed by atoms with Gasteiger partial charge in [0.2, 0.25) is 25.8 Å². The first-order chi connectivity index (χ1) is 33.1. The maximum absolute atomic E-state index is 13.6. The lowest BCUT2D eigenvalue weighted by Gasteiger charge is -2.37. The molecule has 0 N–H and O–H groups in total. The molecule has 0 bridgehead atoms. The first kappa shape index (κ1) is 47.4. The number of piperazine rings is 2. The van der Waals surface area contributed by atoms with E-state index in [1.807, 2.05) is 70.5 Å². The minimum atomic E-state index is -3.45. The average molecular weight is 1030 g/mol. The first-order valence-corrected chi connectivity index (χ1v) is 26.9. The Hall–Kier alpha value is -5.27. The highest BCUT2D eigenvalue weighted by atomic mass is 35.5. The van der Waals surface area contributed by atoms with Crippen LogP contribution >= 0.6 is 34.8 Å². The number of rotatable bonds is 9. The van der Waals surface area contributed by atoms with E-state index in [-0.39, 0.29) is 33.8 Å². The van der Waals surface area contributed by atoms with Crippen molar-refractivity contribution in [2.45, 2.75) is 55.2 Å². The zero-order valence-corrected chi connectivity index (χ0v) is 41.4. The summed E-state index contributed by atoms with van der Waals surface area (Å²) in [5.41, 5.74) is 3.09. The number of fused-ring (bicyclic) bond motifs is 2. The Morgan fingerprint density at radius 3 is 1.55 bits per heavy atom. The number of hydrogen-bond acceptors (Lipinski definition) is 11. The van der Waals surface area contributed by atoms with Gasteiger partial charge in [0, 0.05) is 66.8 Å². The number of anilines is 2. The number of sulfonamides is 2. The minimum absolute atomic E-state index is 0.0499. The molecule has 4 atom stereocenters. The summed E-state index contributed by atoms with van der Waals surface area (Å²) in [5.74, 6) is 0.247. The second kappa shape index (κ2) is 18.8. The quantitative estimate of drug-likeness (QED) is 0.141. The van der Waals surface area contributed by atoms with Crippen LogP contribution in [0.1, 0.15) is 54.2 Å². The van der Waals surface area contributed by atoms with Gasteiger partial charge < -0.3 is 14.5 Å². The minimum Gasteiger partial charge on any atom is -0.486 e. The molecule has 0 amide bonds. The van der Waals surface area contributed by atoms with Crippen LogP contribution in [0.3, 0.4) is 0 Å². The van der Waals surface area contributed by atoms with Crippen molar-refractivity contribution >= 4 is 66.2 Å². The third kappa shape index (κ3) is 9.30. The SMILES string of the molecule is CC1(COc2c(N3CCN4C(CC(c5ccccc5)S4(=O)=O)C3)cnn(-c3cccc(Cl)c3)c2=O)CC1.O=c1c(Cl)c(N2CCN3C(CC(c4ccccc4)S3(=O)=O)C2)cnn1-c1cccc(Cl)c1. The van der Waals surface area contributed by atoms with Crippen LogP contribution in [0.5, 0.6) is 5.75 Å². The van der Waals surface area contributed by atoms with Gasteiger partial charge in [-0.2, -0.15) is 28.2 Å². The highest BCUT2D eigenvalue weighted by Crippen LogP contribution is 2.46. The average Bonchev–Trinajstić information content (AvgIpc) is 3.94. The monoisotopic (exact) mass is 1030 g/mol. The molecule has 69 heavy (non-hydrogen) atoms. The normalized spacial score (nSPS) is 23.4. The van der Waals surface area contributed by atoms with Crippen molar-refractivity contribution in [3.63, 3.8) is 0 Å². The lowest BCUT2D eigenvalue weighted by Crippen LogP contribution is -2.51. The van der Waals surface area contributed by atoms with Crippen molar-refractivity contribution in [3.8, 4) is 17.1 Å². The Morgan fingerprint density at radius 1 is 0.609 bits per heavy atom. The lowest BCUT2D eigenvalue weighted by molar-refractivity contribution is 0.241. The van der Waals surface area contributed by atoms with E-state index >= 15 is 0 Å². The van der Waals surface area contributed by atoms with Gasteiger partial charge in [-0.1, -0.05) is 115 Å². The summed E-state index contributed by atoms with van der Waals surface area (Å²) in [5, 5.41) is 8.68. The van der Waals surface area contributed by atoms with E-state index < -0.39 is 36.1 Å². The highest BCUT2D eigenvalue weighted by molar-refractivity contribution is 7.90. The van der Waals surface area contributed by atoms with Gasteiger partial charge in [0.15, 0.2) is 0 Å². The molecule has 6 heterocycles. The third-order valence-electron chi connectivity index (χ3n) is 13.8. The number of ether oxygens (including phenoxy) is 1. The van der Waals surface area contributed by atoms with Crippen LogP contribution in [0.25, 0.3) is 11.4 Å². The summed E-state index contributed by atoms with van der Waals surface area (Å²) >= 11 is 18.7. The molecule has 5 aliphatic rings. The fraction of sp³-hybridized carbons (Fsp3) is 0.347. The van der Waals surface area contributed by atoms with Gasteiger partial charge in [-0.15, -0.1) is 0 Å². The van der Waals surface area contributed by atoms with Gasteiger partial charge in [-0.3, -0.25) is 9.59 Å². The Balaban J connectivity index is 0.000000162. The van der Waals surface area contributed by atoms with Gasteiger partial charge in [0.25, 0.3) is 5.56 Å². The summed E-state index contributed by atoms with van der Waals surface area (Å²) in [4.78, 5) is 30.5. The van der Waals surface area contributed by atoms with E-state index in [0.717, 1.165) is 24.0 Å². The molecule has 6 aromatic rings. The molecule has 4 saturated heterocycles. The largest absolute Gasteiger partial charge is 0.486 e. The molecule has 0 spiro atoms. The van der Waals surface area contributed by atoms with Crippen LogP contribution in [0.15, 0.2) is 131 Å². The topological polar surface area (TPSA) is 160 Å². The van der Waals surface area contributed by atoms with E-state index in [9.17, 15) is 26.4 Å². The standard InChI is InChI=1S/C27H29ClN4O4S.C22H20Cl2N4O3S/c1-27(10-11-27)18-36-25-23(16-29-32(26(25)33)21-9-5-8-20(28)14-21)30-12-13-31-22(17-30)15-24(37(31,34)35)19-6-3-2-4-7-19;23-16-7-4-8-17(11-16)28-22(29)21(24)19(13-25-28)26-9-10-27-18(14-26)12-20(32(27,30)31)15-5-2-1-3-6-15/h2-9,14,16,22,24H,10-13,15,17-18H2,1H3;1-8,11,13,18,20H,9-10,12,14H2. The van der Waals surface area contributed by atoms with E-state index in [2.05, 4.69) is 17.1 Å². The van der Waals surface area contributed by atoms with E-state index in [1.54, 1.807) is 69.5 Å². The van der Waals surface area contributed by atoms with Gasteiger partial charge in [-0.05, 0) is 73.2 Å². The number of nitrogens with zero attached hydrogens (tertiary/aromatic N) is 8. The smallest absolute Gasteiger partial charge is 0.316 e. The molecule has 2 aromatic heterocycles.